The number of aliphatic hydroxyl groups is 2. The maximum Gasteiger partial charge on any atom is 0.267 e. The molecule has 2 unspecified atom stereocenters. The number of aliphatic hydroxyl groups excluding tert-OH is 2. The van der Waals surface area contributed by atoms with Crippen LogP contribution in [-0.2, 0) is 6.54 Å². The average molecular weight is 431 g/mol. The summed E-state index contributed by atoms with van der Waals surface area (Å²) in [6.07, 6.45) is 9.08. The summed E-state index contributed by atoms with van der Waals surface area (Å²) in [5.74, 6) is -2.91. The Labute approximate surface area is 176 Å². The molecule has 2 N–H and O–H groups in total. The lowest BCUT2D eigenvalue weighted by Crippen LogP contribution is -2.27. The van der Waals surface area contributed by atoms with Gasteiger partial charge in [0.2, 0.25) is 0 Å². The Kier molecular flexibility index (Phi) is 5.54. The number of fused-ring (bicyclic) bond motifs is 1. The van der Waals surface area contributed by atoms with Crippen molar-refractivity contribution in [2.45, 2.75) is 44.9 Å². The summed E-state index contributed by atoms with van der Waals surface area (Å²) >= 11 is 0. The van der Waals surface area contributed by atoms with Crippen molar-refractivity contribution in [1.82, 2.24) is 34.2 Å². The molecule has 0 radical (unpaired) electrons. The van der Waals surface area contributed by atoms with E-state index in [9.17, 15) is 13.9 Å². The zero-order valence-electron chi connectivity index (χ0n) is 17.1. The van der Waals surface area contributed by atoms with Crippen LogP contribution in [0.4, 0.5) is 8.78 Å². The Balaban J connectivity index is 1.74. The molecule has 0 spiro atoms. The third-order valence-electron chi connectivity index (χ3n) is 5.09. The highest BCUT2D eigenvalue weighted by molar-refractivity contribution is 5.78. The second-order valence-corrected chi connectivity index (χ2v) is 7.51. The SMILES string of the molecule is CCC(n1cc(-c2nc(-c3cnn(CC(O)CO)c3)cn3nccc23)cn1)C(C)(F)F. The number of alkyl halides is 2. The van der Waals surface area contributed by atoms with Crippen molar-refractivity contribution in [3.05, 3.63) is 43.2 Å². The molecule has 0 saturated heterocycles. The molecule has 0 bridgehead atoms. The van der Waals surface area contributed by atoms with Gasteiger partial charge < -0.3 is 10.2 Å². The maximum atomic E-state index is 14.0. The predicted molar refractivity (Wildman–Crippen MR) is 108 cm³/mol. The minimum atomic E-state index is -2.91. The number of halogens is 2. The Morgan fingerprint density at radius 1 is 1.10 bits per heavy atom. The van der Waals surface area contributed by atoms with Gasteiger partial charge in [-0.3, -0.25) is 9.36 Å². The van der Waals surface area contributed by atoms with Crippen molar-refractivity contribution in [3.8, 4) is 22.5 Å². The van der Waals surface area contributed by atoms with Gasteiger partial charge in [-0.1, -0.05) is 6.92 Å². The quantitative estimate of drug-likeness (QED) is 0.444. The topological polar surface area (TPSA) is 106 Å². The summed E-state index contributed by atoms with van der Waals surface area (Å²) in [5.41, 5.74) is 3.11. The first-order chi connectivity index (χ1) is 14.8. The summed E-state index contributed by atoms with van der Waals surface area (Å²) in [5, 5.41) is 31.3. The fraction of sp³-hybridized carbons (Fsp3) is 0.400. The molecule has 164 valence electrons. The number of aromatic nitrogens is 7. The van der Waals surface area contributed by atoms with Gasteiger partial charge in [0.1, 0.15) is 6.04 Å². The molecule has 0 aliphatic rings. The molecular weight excluding hydrogens is 408 g/mol. The summed E-state index contributed by atoms with van der Waals surface area (Å²) < 4.78 is 32.4. The van der Waals surface area contributed by atoms with E-state index in [0.29, 0.717) is 28.0 Å². The Hall–Kier alpha value is -3.18. The first-order valence-electron chi connectivity index (χ1n) is 9.88. The molecule has 4 aromatic heterocycles. The smallest absolute Gasteiger partial charge is 0.267 e. The van der Waals surface area contributed by atoms with Crippen LogP contribution in [0.25, 0.3) is 28.0 Å². The predicted octanol–water partition coefficient (Wildman–Crippen LogP) is 2.42. The van der Waals surface area contributed by atoms with Gasteiger partial charge >= 0.3 is 0 Å². The van der Waals surface area contributed by atoms with Crippen molar-refractivity contribution in [2.24, 2.45) is 0 Å². The van der Waals surface area contributed by atoms with Gasteiger partial charge in [0.25, 0.3) is 5.92 Å². The highest BCUT2D eigenvalue weighted by Gasteiger charge is 2.35. The van der Waals surface area contributed by atoms with E-state index in [-0.39, 0.29) is 19.6 Å². The molecule has 11 heteroatoms. The van der Waals surface area contributed by atoms with E-state index in [1.807, 2.05) is 0 Å². The number of hydrogen-bond acceptors (Lipinski definition) is 6. The molecule has 0 aliphatic heterocycles. The summed E-state index contributed by atoms with van der Waals surface area (Å²) in [4.78, 5) is 4.72. The molecule has 4 heterocycles. The van der Waals surface area contributed by atoms with Crippen LogP contribution in [0.2, 0.25) is 0 Å². The third-order valence-corrected chi connectivity index (χ3v) is 5.09. The van der Waals surface area contributed by atoms with Gasteiger partial charge in [-0.2, -0.15) is 15.3 Å². The highest BCUT2D eigenvalue weighted by atomic mass is 19.3. The Bertz CT molecular complexity index is 1180. The summed E-state index contributed by atoms with van der Waals surface area (Å²) in [7, 11) is 0. The van der Waals surface area contributed by atoms with E-state index in [1.165, 1.54) is 15.6 Å². The van der Waals surface area contributed by atoms with Crippen molar-refractivity contribution >= 4 is 5.52 Å². The maximum absolute atomic E-state index is 14.0. The molecule has 4 aromatic rings. The Morgan fingerprint density at radius 2 is 1.87 bits per heavy atom. The van der Waals surface area contributed by atoms with Crippen LogP contribution >= 0.6 is 0 Å². The van der Waals surface area contributed by atoms with Gasteiger partial charge in [-0.15, -0.1) is 0 Å². The second-order valence-electron chi connectivity index (χ2n) is 7.51. The van der Waals surface area contributed by atoms with Crippen molar-refractivity contribution < 1.29 is 19.0 Å². The fourth-order valence-corrected chi connectivity index (χ4v) is 3.56. The Morgan fingerprint density at radius 3 is 2.58 bits per heavy atom. The molecule has 0 aromatic carbocycles. The standard InChI is InChI=1S/C20H23F2N7O2/c1-3-18(20(2,21)22)29-9-14(7-25-29)19-17-4-5-23-28(17)11-16(26-19)13-6-24-27(8-13)10-15(31)12-30/h4-9,11,15,18,30-31H,3,10,12H2,1-2H3. The highest BCUT2D eigenvalue weighted by Crippen LogP contribution is 2.33. The minimum absolute atomic E-state index is 0.143. The fourth-order valence-electron chi connectivity index (χ4n) is 3.56. The molecule has 9 nitrogen and oxygen atoms in total. The van der Waals surface area contributed by atoms with Gasteiger partial charge in [-0.05, 0) is 12.5 Å². The van der Waals surface area contributed by atoms with Crippen LogP contribution in [0.1, 0.15) is 26.3 Å². The number of hydrogen-bond donors (Lipinski definition) is 2. The molecule has 0 aliphatic carbocycles. The lowest BCUT2D eigenvalue weighted by Gasteiger charge is -2.22. The van der Waals surface area contributed by atoms with E-state index in [1.54, 1.807) is 48.5 Å². The van der Waals surface area contributed by atoms with E-state index in [4.69, 9.17) is 10.1 Å². The van der Waals surface area contributed by atoms with Crippen LogP contribution in [0.15, 0.2) is 43.2 Å². The molecule has 2 atom stereocenters. The number of nitrogens with zero attached hydrogens (tertiary/aromatic N) is 7. The van der Waals surface area contributed by atoms with Gasteiger partial charge in [0.15, 0.2) is 0 Å². The first kappa shape index (κ1) is 21.1. The van der Waals surface area contributed by atoms with E-state index < -0.39 is 18.1 Å². The van der Waals surface area contributed by atoms with Crippen molar-refractivity contribution in [3.63, 3.8) is 0 Å². The molecular formula is C20H23F2N7O2. The zero-order valence-corrected chi connectivity index (χ0v) is 17.1. The lowest BCUT2D eigenvalue weighted by atomic mass is 10.1. The minimum Gasteiger partial charge on any atom is -0.394 e. The zero-order chi connectivity index (χ0) is 22.2. The molecule has 4 rings (SSSR count). The molecule has 0 saturated carbocycles. The summed E-state index contributed by atoms with van der Waals surface area (Å²) in [6.45, 7) is 2.37. The van der Waals surface area contributed by atoms with E-state index in [2.05, 4.69) is 15.3 Å². The van der Waals surface area contributed by atoms with Crippen LogP contribution in [-0.4, -0.2) is 63.0 Å². The molecule has 0 fully saturated rings. The monoisotopic (exact) mass is 431 g/mol. The first-order valence-corrected chi connectivity index (χ1v) is 9.88. The average Bonchev–Trinajstić information content (AvgIpc) is 3.47. The summed E-state index contributed by atoms with van der Waals surface area (Å²) in [6, 6.07) is 0.734. The van der Waals surface area contributed by atoms with E-state index in [0.717, 1.165) is 6.92 Å². The lowest BCUT2D eigenvalue weighted by molar-refractivity contribution is -0.0384. The van der Waals surface area contributed by atoms with Gasteiger partial charge in [0, 0.05) is 30.4 Å². The van der Waals surface area contributed by atoms with Crippen molar-refractivity contribution in [2.75, 3.05) is 6.61 Å². The molecule has 31 heavy (non-hydrogen) atoms. The van der Waals surface area contributed by atoms with E-state index >= 15 is 0 Å². The third kappa shape index (κ3) is 4.19. The van der Waals surface area contributed by atoms with Crippen LogP contribution in [0, 0.1) is 0 Å². The normalized spacial score (nSPS) is 14.3. The largest absolute Gasteiger partial charge is 0.394 e. The van der Waals surface area contributed by atoms with Gasteiger partial charge in [-0.25, -0.2) is 18.3 Å². The van der Waals surface area contributed by atoms with Crippen LogP contribution in [0.5, 0.6) is 0 Å². The van der Waals surface area contributed by atoms with Gasteiger partial charge in [0.05, 0.1) is 60.9 Å². The van der Waals surface area contributed by atoms with Crippen LogP contribution < -0.4 is 0 Å². The molecule has 0 amide bonds. The number of rotatable bonds is 8. The van der Waals surface area contributed by atoms with Crippen molar-refractivity contribution in [1.29, 1.82) is 0 Å². The van der Waals surface area contributed by atoms with Crippen LogP contribution in [0.3, 0.4) is 0 Å². The second kappa shape index (κ2) is 8.16.